The van der Waals surface area contributed by atoms with Gasteiger partial charge in [-0.05, 0) is 36.5 Å². The van der Waals surface area contributed by atoms with Crippen molar-refractivity contribution in [2.75, 3.05) is 12.3 Å². The smallest absolute Gasteiger partial charge is 0.234 e. The molecular formula is C18H21N5OS. The minimum Gasteiger partial charge on any atom is -0.326 e. The third kappa shape index (κ3) is 4.20. The summed E-state index contributed by atoms with van der Waals surface area (Å²) in [5, 5.41) is 17.7. The molecule has 0 radical (unpaired) electrons. The highest BCUT2D eigenvalue weighted by Gasteiger charge is 2.32. The van der Waals surface area contributed by atoms with Crippen LogP contribution >= 0.6 is 11.8 Å². The molecule has 0 bridgehead atoms. The molecule has 0 saturated heterocycles. The van der Waals surface area contributed by atoms with Gasteiger partial charge in [0.15, 0.2) is 5.16 Å². The van der Waals surface area contributed by atoms with Gasteiger partial charge in [-0.2, -0.15) is 5.26 Å². The fourth-order valence-corrected chi connectivity index (χ4v) is 3.43. The van der Waals surface area contributed by atoms with Gasteiger partial charge in [-0.25, -0.2) is 0 Å². The maximum absolute atomic E-state index is 12.4. The standard InChI is InChI=1S/C18H21N5OS/c1-13(2)14-3-5-16(6-4-14)23-12-20-21-18(23)25-11-17(24)22(10-9-19)15-7-8-15/h3-6,12-13,15H,7-8,10-11H2,1-2H3. The molecule has 0 unspecified atom stereocenters. The number of aromatic nitrogens is 3. The largest absolute Gasteiger partial charge is 0.326 e. The van der Waals surface area contributed by atoms with E-state index in [-0.39, 0.29) is 24.2 Å². The molecule has 1 amide bonds. The number of carbonyl (C=O) groups excluding carboxylic acids is 1. The third-order valence-corrected chi connectivity index (χ3v) is 5.16. The molecule has 0 aliphatic heterocycles. The number of benzene rings is 1. The van der Waals surface area contributed by atoms with Crippen LogP contribution in [0, 0.1) is 11.3 Å². The van der Waals surface area contributed by atoms with Crippen LogP contribution in [0.5, 0.6) is 0 Å². The van der Waals surface area contributed by atoms with E-state index >= 15 is 0 Å². The Morgan fingerprint density at radius 2 is 2.12 bits per heavy atom. The van der Waals surface area contributed by atoms with Gasteiger partial charge in [-0.3, -0.25) is 9.36 Å². The van der Waals surface area contributed by atoms with E-state index in [1.54, 1.807) is 11.2 Å². The molecule has 3 rings (SSSR count). The second-order valence-corrected chi connectivity index (χ2v) is 7.37. The lowest BCUT2D eigenvalue weighted by atomic mass is 10.0. The number of hydrogen-bond acceptors (Lipinski definition) is 5. The van der Waals surface area contributed by atoms with E-state index in [9.17, 15) is 4.79 Å². The molecule has 25 heavy (non-hydrogen) atoms. The lowest BCUT2D eigenvalue weighted by molar-refractivity contribution is -0.128. The summed E-state index contributed by atoms with van der Waals surface area (Å²) in [7, 11) is 0. The maximum atomic E-state index is 12.4. The Morgan fingerprint density at radius 3 is 2.72 bits per heavy atom. The quantitative estimate of drug-likeness (QED) is 0.564. The van der Waals surface area contributed by atoms with E-state index in [0.717, 1.165) is 18.5 Å². The highest BCUT2D eigenvalue weighted by atomic mass is 32.2. The Bertz CT molecular complexity index is 774. The van der Waals surface area contributed by atoms with E-state index < -0.39 is 0 Å². The van der Waals surface area contributed by atoms with E-state index in [2.05, 4.69) is 42.2 Å². The maximum Gasteiger partial charge on any atom is 0.234 e. The highest BCUT2D eigenvalue weighted by Crippen LogP contribution is 2.28. The van der Waals surface area contributed by atoms with E-state index in [4.69, 9.17) is 5.26 Å². The Kier molecular flexibility index (Phi) is 5.39. The van der Waals surface area contributed by atoms with Crippen molar-refractivity contribution in [3.05, 3.63) is 36.2 Å². The average molecular weight is 355 g/mol. The summed E-state index contributed by atoms with van der Waals surface area (Å²) in [6, 6.07) is 10.6. The molecule has 1 heterocycles. The molecule has 1 aromatic carbocycles. The van der Waals surface area contributed by atoms with Gasteiger partial charge < -0.3 is 4.90 Å². The summed E-state index contributed by atoms with van der Waals surface area (Å²) < 4.78 is 1.88. The van der Waals surface area contributed by atoms with Gasteiger partial charge in [0.1, 0.15) is 12.9 Å². The van der Waals surface area contributed by atoms with Crippen LogP contribution in [-0.2, 0) is 4.79 Å². The zero-order valence-corrected chi connectivity index (χ0v) is 15.2. The molecule has 2 aromatic rings. The third-order valence-electron chi connectivity index (χ3n) is 4.23. The second-order valence-electron chi connectivity index (χ2n) is 6.43. The van der Waals surface area contributed by atoms with Crippen molar-refractivity contribution in [3.63, 3.8) is 0 Å². The van der Waals surface area contributed by atoms with Crippen LogP contribution in [0.25, 0.3) is 5.69 Å². The molecule has 1 aliphatic rings. The fraction of sp³-hybridized carbons (Fsp3) is 0.444. The predicted molar refractivity (Wildman–Crippen MR) is 96.5 cm³/mol. The SMILES string of the molecule is CC(C)c1ccc(-n2cnnc2SCC(=O)N(CC#N)C2CC2)cc1. The Hall–Kier alpha value is -2.33. The van der Waals surface area contributed by atoms with Gasteiger partial charge in [0.2, 0.25) is 5.91 Å². The Labute approximate surface area is 151 Å². The molecule has 1 aromatic heterocycles. The second kappa shape index (κ2) is 7.70. The van der Waals surface area contributed by atoms with Crippen molar-refractivity contribution in [1.82, 2.24) is 19.7 Å². The van der Waals surface area contributed by atoms with Crippen LogP contribution in [0.2, 0.25) is 0 Å². The van der Waals surface area contributed by atoms with Crippen molar-refractivity contribution in [2.45, 2.75) is 43.8 Å². The predicted octanol–water partition coefficient (Wildman–Crippen LogP) is 3.00. The van der Waals surface area contributed by atoms with Crippen LogP contribution in [0.3, 0.4) is 0 Å². The number of rotatable bonds is 7. The molecule has 6 nitrogen and oxygen atoms in total. The van der Waals surface area contributed by atoms with Gasteiger partial charge >= 0.3 is 0 Å². The Morgan fingerprint density at radius 1 is 1.40 bits per heavy atom. The molecule has 130 valence electrons. The fourth-order valence-electron chi connectivity index (χ4n) is 2.61. The first-order chi connectivity index (χ1) is 12.1. The number of nitriles is 1. The average Bonchev–Trinajstić information content (AvgIpc) is 3.34. The monoisotopic (exact) mass is 355 g/mol. The minimum absolute atomic E-state index is 0.0150. The normalized spacial score (nSPS) is 13.7. The van der Waals surface area contributed by atoms with Crippen LogP contribution in [0.1, 0.15) is 38.2 Å². The summed E-state index contributed by atoms with van der Waals surface area (Å²) in [4.78, 5) is 14.0. The van der Waals surface area contributed by atoms with Crippen molar-refractivity contribution in [1.29, 1.82) is 5.26 Å². The van der Waals surface area contributed by atoms with E-state index in [1.165, 1.54) is 17.3 Å². The Balaban J connectivity index is 1.67. The molecule has 0 N–H and O–H groups in total. The van der Waals surface area contributed by atoms with Crippen LogP contribution in [0.4, 0.5) is 0 Å². The minimum atomic E-state index is -0.0150. The molecule has 1 aliphatic carbocycles. The lowest BCUT2D eigenvalue weighted by Gasteiger charge is -2.18. The topological polar surface area (TPSA) is 74.8 Å². The van der Waals surface area contributed by atoms with Crippen molar-refractivity contribution < 1.29 is 4.79 Å². The number of thioether (sulfide) groups is 1. The van der Waals surface area contributed by atoms with Gasteiger partial charge in [0, 0.05) is 11.7 Å². The zero-order chi connectivity index (χ0) is 17.8. The number of amides is 1. The van der Waals surface area contributed by atoms with E-state index in [0.29, 0.717) is 11.1 Å². The number of carbonyl (C=O) groups is 1. The molecule has 1 fully saturated rings. The van der Waals surface area contributed by atoms with Crippen LogP contribution in [0.15, 0.2) is 35.7 Å². The molecule has 0 spiro atoms. The summed E-state index contributed by atoms with van der Waals surface area (Å²) in [5.74, 6) is 0.731. The molecule has 7 heteroatoms. The molecule has 1 saturated carbocycles. The zero-order valence-electron chi connectivity index (χ0n) is 14.4. The first-order valence-electron chi connectivity index (χ1n) is 8.39. The van der Waals surface area contributed by atoms with E-state index in [1.807, 2.05) is 16.7 Å². The summed E-state index contributed by atoms with van der Waals surface area (Å²) in [6.45, 7) is 4.48. The summed E-state index contributed by atoms with van der Waals surface area (Å²) in [5.41, 5.74) is 2.25. The first-order valence-corrected chi connectivity index (χ1v) is 9.38. The van der Waals surface area contributed by atoms with Gasteiger partial charge in [0.05, 0.1) is 11.8 Å². The van der Waals surface area contributed by atoms with Crippen LogP contribution < -0.4 is 0 Å². The highest BCUT2D eigenvalue weighted by molar-refractivity contribution is 7.99. The van der Waals surface area contributed by atoms with Gasteiger partial charge in [-0.15, -0.1) is 10.2 Å². The van der Waals surface area contributed by atoms with Crippen molar-refractivity contribution >= 4 is 17.7 Å². The van der Waals surface area contributed by atoms with Gasteiger partial charge in [0.25, 0.3) is 0 Å². The molecule has 0 atom stereocenters. The van der Waals surface area contributed by atoms with Crippen molar-refractivity contribution in [2.24, 2.45) is 0 Å². The van der Waals surface area contributed by atoms with Crippen molar-refractivity contribution in [3.8, 4) is 11.8 Å². The lowest BCUT2D eigenvalue weighted by Crippen LogP contribution is -2.34. The summed E-state index contributed by atoms with van der Waals surface area (Å²) >= 11 is 1.36. The first kappa shape index (κ1) is 17.5. The molecular weight excluding hydrogens is 334 g/mol. The van der Waals surface area contributed by atoms with Crippen LogP contribution in [-0.4, -0.2) is 43.9 Å². The summed E-state index contributed by atoms with van der Waals surface area (Å²) in [6.07, 6.45) is 3.65. The number of nitrogens with zero attached hydrogens (tertiary/aromatic N) is 5. The van der Waals surface area contributed by atoms with Gasteiger partial charge in [-0.1, -0.05) is 37.7 Å². The number of hydrogen-bond donors (Lipinski definition) is 0.